The van der Waals surface area contributed by atoms with Gasteiger partial charge in [0.15, 0.2) is 0 Å². The number of carbonyl (C=O) groups is 1. The number of nitrogens with two attached hydrogens (primary N) is 2. The summed E-state index contributed by atoms with van der Waals surface area (Å²) >= 11 is 3.25. The summed E-state index contributed by atoms with van der Waals surface area (Å²) in [5, 5.41) is 0. The summed E-state index contributed by atoms with van der Waals surface area (Å²) in [4.78, 5) is 10.7. The van der Waals surface area contributed by atoms with E-state index in [0.717, 1.165) is 5.56 Å². The predicted octanol–water partition coefficient (Wildman–Crippen LogP) is 1.88. The van der Waals surface area contributed by atoms with Gasteiger partial charge in [-0.05, 0) is 18.6 Å². The first-order valence-corrected chi connectivity index (χ1v) is 4.74. The molecule has 70 valence electrons. The fourth-order valence-corrected chi connectivity index (χ4v) is 1.44. The molecule has 0 aliphatic rings. The number of Topliss-reactive ketones (excluding diaryl/α,β-unsaturated/α-hetero) is 1. The van der Waals surface area contributed by atoms with Crippen molar-refractivity contribution in [1.29, 1.82) is 0 Å². The Morgan fingerprint density at radius 2 is 2.08 bits per heavy atom. The standard InChI is InChI=1S/C9H11BrN2O/c1-5(13)8(10)6-3-2-4-7(11)9(6)12/h2-4,8H,11-12H2,1H3. The number of hydrogen-bond donors (Lipinski definition) is 2. The minimum atomic E-state index is -0.365. The molecule has 0 fully saturated rings. The van der Waals surface area contributed by atoms with Crippen LogP contribution in [0.2, 0.25) is 0 Å². The molecule has 1 aromatic rings. The molecular weight excluding hydrogens is 232 g/mol. The fourth-order valence-electron chi connectivity index (χ4n) is 1.04. The maximum Gasteiger partial charge on any atom is 0.147 e. The number of halogens is 1. The van der Waals surface area contributed by atoms with Crippen molar-refractivity contribution in [2.45, 2.75) is 11.8 Å². The van der Waals surface area contributed by atoms with E-state index in [-0.39, 0.29) is 10.6 Å². The highest BCUT2D eigenvalue weighted by Crippen LogP contribution is 2.31. The zero-order valence-corrected chi connectivity index (χ0v) is 8.84. The van der Waals surface area contributed by atoms with Crippen molar-refractivity contribution in [1.82, 2.24) is 0 Å². The normalized spacial score (nSPS) is 12.5. The van der Waals surface area contributed by atoms with Gasteiger partial charge in [0.2, 0.25) is 0 Å². The topological polar surface area (TPSA) is 69.1 Å². The smallest absolute Gasteiger partial charge is 0.147 e. The molecule has 3 nitrogen and oxygen atoms in total. The van der Waals surface area contributed by atoms with Crippen LogP contribution in [0.25, 0.3) is 0 Å². The van der Waals surface area contributed by atoms with Gasteiger partial charge in [-0.15, -0.1) is 0 Å². The highest BCUT2D eigenvalue weighted by Gasteiger charge is 2.15. The lowest BCUT2D eigenvalue weighted by Gasteiger charge is -2.10. The number of ketones is 1. The van der Waals surface area contributed by atoms with Crippen LogP contribution in [-0.4, -0.2) is 5.78 Å². The van der Waals surface area contributed by atoms with Crippen molar-refractivity contribution in [3.05, 3.63) is 23.8 Å². The number of para-hydroxylation sites is 1. The first kappa shape index (κ1) is 10.1. The molecule has 1 atom stereocenters. The Labute approximate surface area is 85.2 Å². The lowest BCUT2D eigenvalue weighted by Crippen LogP contribution is -2.06. The molecule has 0 amide bonds. The quantitative estimate of drug-likeness (QED) is 0.615. The van der Waals surface area contributed by atoms with Gasteiger partial charge < -0.3 is 11.5 Å². The van der Waals surface area contributed by atoms with E-state index in [1.54, 1.807) is 18.2 Å². The van der Waals surface area contributed by atoms with Crippen LogP contribution in [0.3, 0.4) is 0 Å². The molecule has 1 rings (SSSR count). The highest BCUT2D eigenvalue weighted by atomic mass is 79.9. The van der Waals surface area contributed by atoms with Gasteiger partial charge in [0.05, 0.1) is 16.2 Å². The second kappa shape index (κ2) is 3.79. The molecule has 0 spiro atoms. The van der Waals surface area contributed by atoms with Crippen molar-refractivity contribution in [2.75, 3.05) is 11.5 Å². The summed E-state index contributed by atoms with van der Waals surface area (Å²) in [5.41, 5.74) is 13.0. The molecule has 1 unspecified atom stereocenters. The van der Waals surface area contributed by atoms with Crippen molar-refractivity contribution >= 4 is 33.1 Å². The molecule has 0 saturated carbocycles. The van der Waals surface area contributed by atoms with Gasteiger partial charge in [-0.3, -0.25) is 4.79 Å². The Morgan fingerprint density at radius 1 is 1.46 bits per heavy atom. The number of rotatable bonds is 2. The number of benzene rings is 1. The molecule has 0 radical (unpaired) electrons. The molecule has 4 N–H and O–H groups in total. The van der Waals surface area contributed by atoms with E-state index in [9.17, 15) is 4.79 Å². The van der Waals surface area contributed by atoms with Gasteiger partial charge in [0, 0.05) is 0 Å². The first-order valence-electron chi connectivity index (χ1n) is 3.82. The molecule has 1 aromatic carbocycles. The third-order valence-electron chi connectivity index (χ3n) is 1.80. The summed E-state index contributed by atoms with van der Waals surface area (Å²) in [6, 6.07) is 5.27. The van der Waals surface area contributed by atoms with Gasteiger partial charge in [0.1, 0.15) is 5.78 Å². The van der Waals surface area contributed by atoms with E-state index in [1.165, 1.54) is 6.92 Å². The average molecular weight is 243 g/mol. The number of carbonyl (C=O) groups excluding carboxylic acids is 1. The monoisotopic (exact) mass is 242 g/mol. The van der Waals surface area contributed by atoms with E-state index in [1.807, 2.05) is 0 Å². The van der Waals surface area contributed by atoms with Crippen molar-refractivity contribution < 1.29 is 4.79 Å². The molecule has 0 saturated heterocycles. The maximum atomic E-state index is 11.1. The number of hydrogen-bond acceptors (Lipinski definition) is 3. The highest BCUT2D eigenvalue weighted by molar-refractivity contribution is 9.09. The predicted molar refractivity (Wildman–Crippen MR) is 57.6 cm³/mol. The number of alkyl halides is 1. The van der Waals surface area contributed by atoms with E-state index in [0.29, 0.717) is 11.4 Å². The van der Waals surface area contributed by atoms with Gasteiger partial charge >= 0.3 is 0 Å². The van der Waals surface area contributed by atoms with Crippen LogP contribution in [0, 0.1) is 0 Å². The van der Waals surface area contributed by atoms with Gasteiger partial charge in [0.25, 0.3) is 0 Å². The Hall–Kier alpha value is -1.03. The zero-order valence-electron chi connectivity index (χ0n) is 7.25. The second-order valence-electron chi connectivity index (χ2n) is 2.82. The third-order valence-corrected chi connectivity index (χ3v) is 2.94. The summed E-state index contributed by atoms with van der Waals surface area (Å²) < 4.78 is 0. The largest absolute Gasteiger partial charge is 0.397 e. The van der Waals surface area contributed by atoms with Crippen LogP contribution in [0.15, 0.2) is 18.2 Å². The van der Waals surface area contributed by atoms with E-state index >= 15 is 0 Å². The summed E-state index contributed by atoms with van der Waals surface area (Å²) in [7, 11) is 0. The summed E-state index contributed by atoms with van der Waals surface area (Å²) in [5.74, 6) is 0.0114. The van der Waals surface area contributed by atoms with Gasteiger partial charge in [-0.1, -0.05) is 28.1 Å². The third kappa shape index (κ3) is 2.01. The Morgan fingerprint density at radius 3 is 2.62 bits per heavy atom. The summed E-state index contributed by atoms with van der Waals surface area (Å²) in [6.07, 6.45) is 0. The van der Waals surface area contributed by atoms with Crippen LogP contribution < -0.4 is 11.5 Å². The zero-order chi connectivity index (χ0) is 10.0. The van der Waals surface area contributed by atoms with Crippen LogP contribution in [0.1, 0.15) is 17.3 Å². The summed E-state index contributed by atoms with van der Waals surface area (Å²) in [6.45, 7) is 1.50. The van der Waals surface area contributed by atoms with E-state index < -0.39 is 0 Å². The fraction of sp³-hybridized carbons (Fsp3) is 0.222. The lowest BCUT2D eigenvalue weighted by atomic mass is 10.1. The first-order chi connectivity index (χ1) is 6.04. The maximum absolute atomic E-state index is 11.1. The molecule has 13 heavy (non-hydrogen) atoms. The van der Waals surface area contributed by atoms with Crippen molar-refractivity contribution in [2.24, 2.45) is 0 Å². The Balaban J connectivity index is 3.15. The van der Waals surface area contributed by atoms with E-state index in [2.05, 4.69) is 15.9 Å². The van der Waals surface area contributed by atoms with Crippen LogP contribution in [-0.2, 0) is 4.79 Å². The molecule has 0 aromatic heterocycles. The van der Waals surface area contributed by atoms with Crippen LogP contribution in [0.4, 0.5) is 11.4 Å². The number of nitrogen functional groups attached to an aromatic ring is 2. The van der Waals surface area contributed by atoms with Crippen LogP contribution in [0.5, 0.6) is 0 Å². The molecule has 0 heterocycles. The molecular formula is C9H11BrN2O. The number of anilines is 2. The van der Waals surface area contributed by atoms with E-state index in [4.69, 9.17) is 11.5 Å². The Kier molecular flexibility index (Phi) is 2.93. The van der Waals surface area contributed by atoms with Crippen molar-refractivity contribution in [3.8, 4) is 0 Å². The Bertz CT molecular complexity index is 338. The average Bonchev–Trinajstić information content (AvgIpc) is 2.08. The lowest BCUT2D eigenvalue weighted by molar-refractivity contribution is -0.116. The van der Waals surface area contributed by atoms with Crippen molar-refractivity contribution in [3.63, 3.8) is 0 Å². The second-order valence-corrected chi connectivity index (χ2v) is 3.74. The molecule has 0 aliphatic carbocycles. The molecule has 4 heteroatoms. The minimum Gasteiger partial charge on any atom is -0.397 e. The minimum absolute atomic E-state index is 0.0114. The van der Waals surface area contributed by atoms with Crippen LogP contribution >= 0.6 is 15.9 Å². The molecule has 0 bridgehead atoms. The SMILES string of the molecule is CC(=O)C(Br)c1cccc(N)c1N. The molecule has 0 aliphatic heterocycles. The van der Waals surface area contributed by atoms with Gasteiger partial charge in [-0.2, -0.15) is 0 Å². The van der Waals surface area contributed by atoms with Gasteiger partial charge in [-0.25, -0.2) is 0 Å².